The molecule has 0 saturated heterocycles. The SMILES string of the molecule is C=P(C)(C)c1cccc(-c2ccc(-c3ccc(-c4ccc(-c5cccc(P(C)(C)=O)c5)cc4)c4ccccc34)cc2)c1.CP(C)(=O)c1ccc(-c2c3ccccc3c(-c3ccc(-c4c5ccccc5c(-c5ccc(P(C)(C)=O)cc5)c5ccccc45)cc3)c3ccccc23)cc1.CP(C)(=O)c1ccc(-c2ccc(-c3ccc(-c4ccc(-c5ccc(P(C)(C)=O)cc5)cc4)c4ccccc34)cc2)cc1. The Labute approximate surface area is 812 Å². The predicted octanol–water partition coefficient (Wildman–Crippen LogP) is 33.6. The summed E-state index contributed by atoms with van der Waals surface area (Å²) in [6.45, 7) is 21.4. The molecule has 0 atom stereocenters. The molecule has 21 aromatic rings. The molecule has 0 fully saturated rings. The fourth-order valence-corrected chi connectivity index (χ4v) is 24.7. The van der Waals surface area contributed by atoms with Gasteiger partial charge in [-0.25, -0.2) is 0 Å². The van der Waals surface area contributed by atoms with Crippen LogP contribution < -0.4 is 31.8 Å². The number of hydrogen-bond donors (Lipinski definition) is 0. The zero-order chi connectivity index (χ0) is 96.2. The van der Waals surface area contributed by atoms with E-state index in [2.05, 4.69) is 396 Å². The summed E-state index contributed by atoms with van der Waals surface area (Å²) < 4.78 is 63.1. The third-order valence-electron chi connectivity index (χ3n) is 26.8. The Balaban J connectivity index is 0.000000134. The van der Waals surface area contributed by atoms with E-state index in [1.807, 2.05) is 101 Å². The molecule has 0 aliphatic rings. The monoisotopic (exact) mass is 1900 g/mol. The highest BCUT2D eigenvalue weighted by Crippen LogP contribution is 2.51. The first-order valence-corrected chi connectivity index (χ1v) is 62.6. The summed E-state index contributed by atoms with van der Waals surface area (Å²) in [5.41, 5.74) is 28.2. The summed E-state index contributed by atoms with van der Waals surface area (Å²) in [6.07, 6.45) is 4.42. The molecule has 138 heavy (non-hydrogen) atoms. The van der Waals surface area contributed by atoms with Gasteiger partial charge in [-0.05, 0) is 296 Å². The molecule has 0 unspecified atom stereocenters. The quantitative estimate of drug-likeness (QED) is 0.0631. The van der Waals surface area contributed by atoms with Gasteiger partial charge in [-0.1, -0.05) is 438 Å². The highest BCUT2D eigenvalue weighted by molar-refractivity contribution is 7.79. The molecule has 21 rings (SSSR count). The van der Waals surface area contributed by atoms with Crippen LogP contribution in [-0.4, -0.2) is 86.3 Å². The van der Waals surface area contributed by atoms with Crippen LogP contribution in [0.25, 0.3) is 198 Å². The molecule has 0 heterocycles. The predicted molar refractivity (Wildman–Crippen MR) is 611 cm³/mol. The molecule has 0 saturated carbocycles. The van der Waals surface area contributed by atoms with Gasteiger partial charge in [0, 0.05) is 26.5 Å². The second kappa shape index (κ2) is 38.2. The molecular formula is C127H110O5P6. The molecule has 0 aromatic heterocycles. The van der Waals surface area contributed by atoms with Crippen LogP contribution in [0.1, 0.15) is 0 Å². The van der Waals surface area contributed by atoms with Crippen molar-refractivity contribution in [3.8, 4) is 134 Å². The molecule has 5 nitrogen and oxygen atoms in total. The molecular weight excluding hydrogens is 1790 g/mol. The number of fused-ring (bicyclic) bond motifs is 6. The highest BCUT2D eigenvalue weighted by atomic mass is 31.2. The maximum Gasteiger partial charge on any atom is 0.109 e. The molecule has 0 aliphatic carbocycles. The van der Waals surface area contributed by atoms with Crippen molar-refractivity contribution in [3.05, 3.63) is 437 Å². The van der Waals surface area contributed by atoms with E-state index in [1.54, 1.807) is 26.7 Å². The van der Waals surface area contributed by atoms with Crippen molar-refractivity contribution in [2.24, 2.45) is 0 Å². The van der Waals surface area contributed by atoms with E-state index in [4.69, 9.17) is 0 Å². The minimum Gasteiger partial charge on any atom is -0.319 e. The maximum atomic E-state index is 12.8. The van der Waals surface area contributed by atoms with Crippen LogP contribution in [0.3, 0.4) is 0 Å². The van der Waals surface area contributed by atoms with E-state index in [1.165, 1.54) is 159 Å². The summed E-state index contributed by atoms with van der Waals surface area (Å²) in [6, 6.07) is 155. The van der Waals surface area contributed by atoms with Crippen molar-refractivity contribution in [1.82, 2.24) is 0 Å². The summed E-state index contributed by atoms with van der Waals surface area (Å²) in [5.74, 6) is 0. The molecule has 21 aromatic carbocycles. The van der Waals surface area contributed by atoms with Crippen LogP contribution in [0, 0.1) is 0 Å². The summed E-state index contributed by atoms with van der Waals surface area (Å²) >= 11 is 0. The van der Waals surface area contributed by atoms with Crippen LogP contribution in [-0.2, 0) is 22.8 Å². The summed E-state index contributed by atoms with van der Waals surface area (Å²) in [5, 5.41) is 20.4. The van der Waals surface area contributed by atoms with E-state index >= 15 is 0 Å². The highest BCUT2D eigenvalue weighted by Gasteiger charge is 2.25. The smallest absolute Gasteiger partial charge is 0.109 e. The maximum absolute atomic E-state index is 12.8. The number of hydrogen-bond acceptors (Lipinski definition) is 5. The molecule has 0 bridgehead atoms. The zero-order valence-corrected chi connectivity index (χ0v) is 85.4. The Hall–Kier alpha value is -13.4. The minimum absolute atomic E-state index is 0.895. The largest absolute Gasteiger partial charge is 0.319 e. The van der Waals surface area contributed by atoms with Gasteiger partial charge in [0.15, 0.2) is 0 Å². The van der Waals surface area contributed by atoms with Gasteiger partial charge in [0.2, 0.25) is 0 Å². The zero-order valence-electron chi connectivity index (χ0n) is 80.0. The van der Waals surface area contributed by atoms with Gasteiger partial charge in [0.1, 0.15) is 35.7 Å². The van der Waals surface area contributed by atoms with Crippen molar-refractivity contribution in [2.75, 3.05) is 80.0 Å². The lowest BCUT2D eigenvalue weighted by atomic mass is 9.84. The Bertz CT molecular complexity index is 7950. The third-order valence-corrected chi connectivity index (χ3v) is 36.2. The molecule has 0 N–H and O–H groups in total. The second-order valence-electron chi connectivity index (χ2n) is 38.7. The first-order chi connectivity index (χ1) is 66.2. The number of benzene rings is 21. The van der Waals surface area contributed by atoms with Gasteiger partial charge >= 0.3 is 0 Å². The normalized spacial score (nSPS) is 12.1. The van der Waals surface area contributed by atoms with Crippen LogP contribution in [0.4, 0.5) is 0 Å². The van der Waals surface area contributed by atoms with Crippen LogP contribution in [0.5, 0.6) is 0 Å². The van der Waals surface area contributed by atoms with Gasteiger partial charge in [0.25, 0.3) is 0 Å². The van der Waals surface area contributed by atoms with E-state index in [0.717, 1.165) is 71.0 Å². The fourth-order valence-electron chi connectivity index (χ4n) is 19.4. The lowest BCUT2D eigenvalue weighted by molar-refractivity contribution is 0.587. The fraction of sp³-hybridized carbons (Fsp3) is 0.0945. The van der Waals surface area contributed by atoms with Crippen molar-refractivity contribution < 1.29 is 22.8 Å². The van der Waals surface area contributed by atoms with Crippen LogP contribution in [0.15, 0.2) is 437 Å². The Morgan fingerprint density at radius 3 is 0.500 bits per heavy atom. The summed E-state index contributed by atoms with van der Waals surface area (Å²) in [4.78, 5) is 0. The Morgan fingerprint density at radius 1 is 0.138 bits per heavy atom. The first-order valence-electron chi connectivity index (χ1n) is 46.8. The van der Waals surface area contributed by atoms with Crippen molar-refractivity contribution >= 4 is 145 Å². The molecule has 0 radical (unpaired) electrons. The van der Waals surface area contributed by atoms with E-state index in [-0.39, 0.29) is 0 Å². The molecule has 0 amide bonds. The average Bonchev–Trinajstić information content (AvgIpc) is 0.731. The lowest BCUT2D eigenvalue weighted by Gasteiger charge is -2.19. The van der Waals surface area contributed by atoms with E-state index < -0.39 is 42.6 Å². The van der Waals surface area contributed by atoms with Gasteiger partial charge in [-0.15, -0.1) is 0 Å². The first kappa shape index (κ1) is 93.6. The topological polar surface area (TPSA) is 85.3 Å². The van der Waals surface area contributed by atoms with Gasteiger partial charge in [0.05, 0.1) is 0 Å². The Kier molecular flexibility index (Phi) is 25.9. The molecule has 0 spiro atoms. The van der Waals surface area contributed by atoms with Crippen LogP contribution >= 0.6 is 42.6 Å². The van der Waals surface area contributed by atoms with Gasteiger partial charge in [-0.2, -0.15) is 0 Å². The molecule has 678 valence electrons. The summed E-state index contributed by atoms with van der Waals surface area (Å²) in [7, 11) is -11.5. The third kappa shape index (κ3) is 19.5. The molecule has 11 heteroatoms. The second-order valence-corrected chi connectivity index (χ2v) is 58.7. The van der Waals surface area contributed by atoms with Crippen LogP contribution in [0.2, 0.25) is 0 Å². The van der Waals surface area contributed by atoms with Crippen molar-refractivity contribution in [1.29, 1.82) is 0 Å². The molecule has 0 aliphatic heterocycles. The minimum atomic E-state index is -2.36. The average molecular weight is 1900 g/mol. The van der Waals surface area contributed by atoms with E-state index in [0.29, 0.717) is 0 Å². The Morgan fingerprint density at radius 2 is 0.297 bits per heavy atom. The lowest BCUT2D eigenvalue weighted by Crippen LogP contribution is -2.02. The van der Waals surface area contributed by atoms with Gasteiger partial charge in [-0.3, -0.25) is 0 Å². The van der Waals surface area contributed by atoms with E-state index in [9.17, 15) is 22.8 Å². The van der Waals surface area contributed by atoms with Crippen molar-refractivity contribution in [2.45, 2.75) is 0 Å². The standard InChI is InChI=1S/C50H40O2P2.C39H36OP2.C38H34O2P2/c1-53(2,51)37-29-25-35(26-30-37)49-43-17-9-5-13-39(43)47(40-14-6-10-18-44(40)49)33-21-23-34(24-22-33)48-41-15-7-11-19-45(41)50(46-20-12-8-16-42(46)48)36-27-31-38(32-28-36)54(3,4)52;1-41(2,3)34-12-8-10-32(26-34)28-16-20-30(21-17-28)36-24-25-37(39-15-7-6-14-38(36)39)31-22-18-29(19-23-31)33-11-9-13-35(27-33)42(4,5)40;1-41(2,39)33-21-17-29(18-22-33)27-9-13-31(14-10-27)35-25-26-36(38-8-6-5-7-37(35)38)32-15-11-28(12-16-32)30-19-23-34(24-20-30)42(3,4)40/h5-32H,1-4H3;6-27H,1H2,2-5H3;5-26H,1-4H3. The number of rotatable bonds is 18. The van der Waals surface area contributed by atoms with Crippen molar-refractivity contribution in [3.63, 3.8) is 0 Å². The van der Waals surface area contributed by atoms with Gasteiger partial charge < -0.3 is 22.8 Å².